The van der Waals surface area contributed by atoms with Crippen LogP contribution in [-0.2, 0) is 13.5 Å². The topological polar surface area (TPSA) is 43.6 Å². The molecule has 0 spiro atoms. The zero-order chi connectivity index (χ0) is 16.6. The molecule has 118 valence electrons. The van der Waals surface area contributed by atoms with Gasteiger partial charge in [0.05, 0.1) is 11.9 Å². The molecule has 0 fully saturated rings. The number of hydrogen-bond acceptors (Lipinski definition) is 3. The Morgan fingerprint density at radius 2 is 2.04 bits per heavy atom. The van der Waals surface area contributed by atoms with E-state index in [1.807, 2.05) is 25.2 Å². The summed E-state index contributed by atoms with van der Waals surface area (Å²) in [5, 5.41) is 8.03. The van der Waals surface area contributed by atoms with Gasteiger partial charge in [0, 0.05) is 24.0 Å². The minimum absolute atomic E-state index is 0.333. The first kappa shape index (κ1) is 15.3. The first-order chi connectivity index (χ1) is 11.0. The Balaban J connectivity index is 1.96. The van der Waals surface area contributed by atoms with Crippen LogP contribution in [0.2, 0.25) is 0 Å². The van der Waals surface area contributed by atoms with Crippen LogP contribution < -0.4 is 0 Å². The Morgan fingerprint density at radius 1 is 1.26 bits per heavy atom. The van der Waals surface area contributed by atoms with Crippen molar-refractivity contribution in [3.8, 4) is 0 Å². The Morgan fingerprint density at radius 3 is 2.74 bits per heavy atom. The van der Waals surface area contributed by atoms with Crippen LogP contribution in [-0.4, -0.2) is 26.4 Å². The molecule has 0 radical (unpaired) electrons. The maximum absolute atomic E-state index is 12.5. The molecule has 0 aliphatic carbocycles. The third kappa shape index (κ3) is 2.97. The van der Waals surface area contributed by atoms with E-state index in [9.17, 15) is 8.78 Å². The third-order valence-electron chi connectivity index (χ3n) is 3.79. The summed E-state index contributed by atoms with van der Waals surface area (Å²) in [6, 6.07) is 9.20. The summed E-state index contributed by atoms with van der Waals surface area (Å²) in [4.78, 5) is 4.26. The number of aryl methyl sites for hydroxylation is 2. The van der Waals surface area contributed by atoms with Crippen LogP contribution >= 0.6 is 0 Å². The molecule has 0 aliphatic heterocycles. The molecule has 1 aromatic carbocycles. The maximum atomic E-state index is 12.5. The van der Waals surface area contributed by atoms with Gasteiger partial charge in [0.2, 0.25) is 6.43 Å². The number of rotatable bonds is 4. The fraction of sp³-hybridized carbons (Fsp3) is 0.235. The van der Waals surface area contributed by atoms with Crippen LogP contribution in [0, 0.1) is 6.92 Å². The van der Waals surface area contributed by atoms with E-state index >= 15 is 0 Å². The van der Waals surface area contributed by atoms with Crippen LogP contribution in [0.1, 0.15) is 22.5 Å². The Labute approximate surface area is 132 Å². The molecule has 4 nitrogen and oxygen atoms in total. The lowest BCUT2D eigenvalue weighted by Crippen LogP contribution is -2.02. The fourth-order valence-electron chi connectivity index (χ4n) is 2.58. The zero-order valence-corrected chi connectivity index (χ0v) is 12.9. The van der Waals surface area contributed by atoms with Crippen LogP contribution in [0.25, 0.3) is 16.6 Å². The lowest BCUT2D eigenvalue weighted by Gasteiger charge is -2.11. The summed E-state index contributed by atoms with van der Waals surface area (Å²) in [5.74, 6) is 0. The van der Waals surface area contributed by atoms with Crippen molar-refractivity contribution < 1.29 is 8.78 Å². The van der Waals surface area contributed by atoms with Crippen LogP contribution in [0.3, 0.4) is 0 Å². The number of alkyl halides is 2. The molecule has 0 N–H and O–H groups in total. The first-order valence-corrected chi connectivity index (χ1v) is 7.19. The minimum atomic E-state index is -2.39. The number of pyridine rings is 1. The highest BCUT2D eigenvalue weighted by Gasteiger charge is 2.12. The van der Waals surface area contributed by atoms with E-state index in [0.29, 0.717) is 11.4 Å². The van der Waals surface area contributed by atoms with Gasteiger partial charge in [-0.25, -0.2) is 13.5 Å². The van der Waals surface area contributed by atoms with Gasteiger partial charge in [0.25, 0.3) is 0 Å². The smallest absolute Gasteiger partial charge is 0.244 e. The van der Waals surface area contributed by atoms with Crippen molar-refractivity contribution in [3.05, 3.63) is 59.4 Å². The normalized spacial score (nSPS) is 11.3. The van der Waals surface area contributed by atoms with Crippen molar-refractivity contribution in [1.82, 2.24) is 20.0 Å². The van der Waals surface area contributed by atoms with Gasteiger partial charge in [-0.1, -0.05) is 23.9 Å². The monoisotopic (exact) mass is 314 g/mol. The highest BCUT2D eigenvalue weighted by molar-refractivity contribution is 5.85. The number of benzene rings is 1. The molecule has 0 saturated heterocycles. The molecule has 23 heavy (non-hydrogen) atoms. The molecule has 3 aromatic rings. The van der Waals surface area contributed by atoms with E-state index in [1.54, 1.807) is 23.7 Å². The lowest BCUT2D eigenvalue weighted by molar-refractivity contribution is 0.148. The molecule has 0 bridgehead atoms. The summed E-state index contributed by atoms with van der Waals surface area (Å²) in [6.07, 6.45) is -2.73. The number of fused-ring (bicyclic) bond motifs is 1. The average Bonchev–Trinajstić information content (AvgIpc) is 2.87. The van der Waals surface area contributed by atoms with Crippen molar-refractivity contribution in [3.63, 3.8) is 0 Å². The van der Waals surface area contributed by atoms with Gasteiger partial charge in [-0.3, -0.25) is 4.98 Å². The number of nitrogens with zero attached hydrogens (tertiary/aromatic N) is 4. The minimum Gasteiger partial charge on any atom is -0.257 e. The Kier molecular flexibility index (Phi) is 3.90. The van der Waals surface area contributed by atoms with Crippen LogP contribution in [0.4, 0.5) is 8.78 Å². The van der Waals surface area contributed by atoms with Crippen molar-refractivity contribution in [2.24, 2.45) is 7.05 Å². The molecule has 0 saturated carbocycles. The second kappa shape index (κ2) is 5.87. The molecule has 0 unspecified atom stereocenters. The zero-order valence-electron chi connectivity index (χ0n) is 12.9. The van der Waals surface area contributed by atoms with E-state index in [-0.39, 0.29) is 6.42 Å². The Hall–Kier alpha value is -2.63. The predicted octanol–water partition coefficient (Wildman–Crippen LogP) is 3.54. The summed E-state index contributed by atoms with van der Waals surface area (Å²) in [6.45, 7) is 5.93. The fourth-order valence-corrected chi connectivity index (χ4v) is 2.58. The molecule has 2 heterocycles. The number of aromatic nitrogens is 4. The average molecular weight is 314 g/mol. The van der Waals surface area contributed by atoms with Crippen LogP contribution in [0.15, 0.2) is 36.9 Å². The van der Waals surface area contributed by atoms with Gasteiger partial charge in [0.15, 0.2) is 0 Å². The van der Waals surface area contributed by atoms with Gasteiger partial charge < -0.3 is 0 Å². The number of hydrogen-bond donors (Lipinski definition) is 0. The summed E-state index contributed by atoms with van der Waals surface area (Å²) < 4.78 is 26.6. The highest BCUT2D eigenvalue weighted by atomic mass is 19.3. The predicted molar refractivity (Wildman–Crippen MR) is 85.3 cm³/mol. The van der Waals surface area contributed by atoms with E-state index in [1.165, 1.54) is 0 Å². The number of halogens is 2. The van der Waals surface area contributed by atoms with Crippen LogP contribution in [0.5, 0.6) is 0 Å². The van der Waals surface area contributed by atoms with Crippen molar-refractivity contribution in [2.45, 2.75) is 19.8 Å². The second-order valence-electron chi connectivity index (χ2n) is 5.43. The standard InChI is InChI=1S/C17H16F2N4/c1-10(12-4-7-15-16(8-12)23(3)22-21-15)14-6-5-13(9-17(18)19)20-11(14)2/h4-8,17H,1,9H2,2-3H3. The molecule has 3 rings (SSSR count). The SMILES string of the molecule is C=C(c1ccc2nnn(C)c2c1)c1ccc(CC(F)F)nc1C. The van der Waals surface area contributed by atoms with Gasteiger partial charge in [-0.05, 0) is 36.3 Å². The quantitative estimate of drug-likeness (QED) is 0.740. The molecule has 0 amide bonds. The largest absolute Gasteiger partial charge is 0.257 e. The second-order valence-corrected chi connectivity index (χ2v) is 5.43. The van der Waals surface area contributed by atoms with E-state index in [2.05, 4.69) is 21.9 Å². The van der Waals surface area contributed by atoms with Gasteiger partial charge in [-0.2, -0.15) is 0 Å². The molecule has 2 aromatic heterocycles. The van der Waals surface area contributed by atoms with E-state index < -0.39 is 6.43 Å². The summed E-state index contributed by atoms with van der Waals surface area (Å²) in [7, 11) is 1.83. The van der Waals surface area contributed by atoms with E-state index in [0.717, 1.165) is 27.7 Å². The van der Waals surface area contributed by atoms with Gasteiger partial charge in [0.1, 0.15) is 5.52 Å². The summed E-state index contributed by atoms with van der Waals surface area (Å²) in [5.41, 5.74) is 5.36. The Bertz CT molecular complexity index is 883. The molecular weight excluding hydrogens is 298 g/mol. The van der Waals surface area contributed by atoms with Gasteiger partial charge >= 0.3 is 0 Å². The van der Waals surface area contributed by atoms with Crippen molar-refractivity contribution in [1.29, 1.82) is 0 Å². The molecular formula is C17H16F2N4. The third-order valence-corrected chi connectivity index (χ3v) is 3.79. The molecule has 6 heteroatoms. The highest BCUT2D eigenvalue weighted by Crippen LogP contribution is 2.26. The van der Waals surface area contributed by atoms with Crippen molar-refractivity contribution >= 4 is 16.6 Å². The van der Waals surface area contributed by atoms with E-state index in [4.69, 9.17) is 0 Å². The molecule has 0 aliphatic rings. The lowest BCUT2D eigenvalue weighted by atomic mass is 9.97. The van der Waals surface area contributed by atoms with Crippen molar-refractivity contribution in [2.75, 3.05) is 0 Å². The first-order valence-electron chi connectivity index (χ1n) is 7.19. The maximum Gasteiger partial charge on any atom is 0.244 e. The molecule has 0 atom stereocenters. The summed E-state index contributed by atoms with van der Waals surface area (Å²) >= 11 is 0. The van der Waals surface area contributed by atoms with Gasteiger partial charge in [-0.15, -0.1) is 5.10 Å².